The van der Waals surface area contributed by atoms with Gasteiger partial charge in [0.15, 0.2) is 0 Å². The lowest BCUT2D eigenvalue weighted by molar-refractivity contribution is 0.0240. The maximum absolute atomic E-state index is 14.0. The first-order chi connectivity index (χ1) is 20.7. The highest BCUT2D eigenvalue weighted by Gasteiger charge is 2.27. The molecule has 4 aromatic rings. The molecule has 0 spiro atoms. The number of nitrogens with one attached hydrogen (secondary N) is 1. The Morgan fingerprint density at radius 2 is 1.67 bits per heavy atom. The smallest absolute Gasteiger partial charge is 0.410 e. The zero-order valence-corrected chi connectivity index (χ0v) is 25.3. The minimum atomic E-state index is -0.506. The van der Waals surface area contributed by atoms with E-state index in [1.165, 1.54) is 0 Å². The van der Waals surface area contributed by atoms with E-state index in [2.05, 4.69) is 20.2 Å². The summed E-state index contributed by atoms with van der Waals surface area (Å²) in [4.78, 5) is 44.5. The van der Waals surface area contributed by atoms with Crippen molar-refractivity contribution < 1.29 is 9.53 Å². The van der Waals surface area contributed by atoms with Gasteiger partial charge in [-0.3, -0.25) is 9.36 Å². The van der Waals surface area contributed by atoms with Crippen LogP contribution in [0.2, 0.25) is 0 Å². The van der Waals surface area contributed by atoms with E-state index in [0.29, 0.717) is 49.2 Å². The summed E-state index contributed by atoms with van der Waals surface area (Å²) in [6.07, 6.45) is 7.51. The number of pyridine rings is 2. The molecule has 1 aliphatic heterocycles. The Balaban J connectivity index is 1.22. The number of aryl methyl sites for hydroxylation is 1. The van der Waals surface area contributed by atoms with Crippen molar-refractivity contribution in [3.63, 3.8) is 0 Å². The summed E-state index contributed by atoms with van der Waals surface area (Å²) in [5.74, 6) is 1.01. The van der Waals surface area contributed by atoms with Crippen LogP contribution in [0.5, 0.6) is 0 Å². The Labute approximate surface area is 251 Å². The molecule has 1 saturated heterocycles. The minimum Gasteiger partial charge on any atom is -0.444 e. The maximum atomic E-state index is 14.0. The Morgan fingerprint density at radius 1 is 0.953 bits per heavy atom. The molecule has 224 valence electrons. The highest BCUT2D eigenvalue weighted by Crippen LogP contribution is 2.34. The Hall–Kier alpha value is -4.47. The highest BCUT2D eigenvalue weighted by molar-refractivity contribution is 5.86. The molecule has 10 heteroatoms. The van der Waals surface area contributed by atoms with Gasteiger partial charge in [-0.1, -0.05) is 43.2 Å². The lowest BCUT2D eigenvalue weighted by atomic mass is 9.99. The number of hydrogen-bond acceptors (Lipinski definition) is 8. The van der Waals surface area contributed by atoms with Gasteiger partial charge in [0.2, 0.25) is 5.95 Å². The number of amides is 1. The summed E-state index contributed by atoms with van der Waals surface area (Å²) < 4.78 is 7.41. The van der Waals surface area contributed by atoms with Crippen molar-refractivity contribution in [2.45, 2.75) is 65.0 Å². The number of carbonyl (C=O) groups excluding carboxylic acids is 1. The third kappa shape index (κ3) is 6.04. The van der Waals surface area contributed by atoms with Gasteiger partial charge in [0, 0.05) is 43.8 Å². The summed E-state index contributed by atoms with van der Waals surface area (Å²) >= 11 is 0. The van der Waals surface area contributed by atoms with Crippen molar-refractivity contribution in [2.24, 2.45) is 0 Å². The Kier molecular flexibility index (Phi) is 7.77. The molecule has 0 radical (unpaired) electrons. The third-order valence-corrected chi connectivity index (χ3v) is 8.25. The molecule has 3 aromatic heterocycles. The summed E-state index contributed by atoms with van der Waals surface area (Å²) in [6.45, 7) is 10.2. The van der Waals surface area contributed by atoms with Crippen molar-refractivity contribution in [1.82, 2.24) is 24.4 Å². The average molecular weight is 582 g/mol. The molecule has 0 atom stereocenters. The molecule has 0 unspecified atom stereocenters. The molecular weight excluding hydrogens is 542 g/mol. The van der Waals surface area contributed by atoms with Crippen LogP contribution in [0.3, 0.4) is 0 Å². The van der Waals surface area contributed by atoms with E-state index in [1.807, 2.05) is 87.1 Å². The number of rotatable bonds is 5. The number of nitrogens with zero attached hydrogens (tertiary/aromatic N) is 6. The van der Waals surface area contributed by atoms with Gasteiger partial charge in [-0.15, -0.1) is 0 Å². The number of ether oxygens (including phenoxy) is 1. The SMILES string of the molecule is Cc1c(-c2ccccc2)c(=O)n(C2CCCC2)c2nc(Nc3ccc(N4CCN(C(=O)OC(C)(C)C)CC4)cn3)ncc12. The van der Waals surface area contributed by atoms with E-state index in [1.54, 1.807) is 4.90 Å². The quantitative estimate of drug-likeness (QED) is 0.302. The van der Waals surface area contributed by atoms with Crippen LogP contribution in [0, 0.1) is 6.92 Å². The first-order valence-electron chi connectivity index (χ1n) is 15.1. The zero-order valence-electron chi connectivity index (χ0n) is 25.3. The van der Waals surface area contributed by atoms with Gasteiger partial charge in [-0.2, -0.15) is 4.98 Å². The molecule has 6 rings (SSSR count). The van der Waals surface area contributed by atoms with Gasteiger partial charge in [0.25, 0.3) is 5.56 Å². The monoisotopic (exact) mass is 581 g/mol. The predicted octanol–water partition coefficient (Wildman–Crippen LogP) is 6.08. The number of anilines is 3. The van der Waals surface area contributed by atoms with Crippen LogP contribution in [0.15, 0.2) is 59.7 Å². The first kappa shape index (κ1) is 28.6. The van der Waals surface area contributed by atoms with E-state index in [9.17, 15) is 9.59 Å². The second-order valence-electron chi connectivity index (χ2n) is 12.4. The van der Waals surface area contributed by atoms with Gasteiger partial charge in [-0.05, 0) is 63.8 Å². The van der Waals surface area contributed by atoms with Crippen molar-refractivity contribution in [3.8, 4) is 11.1 Å². The van der Waals surface area contributed by atoms with Crippen molar-refractivity contribution >= 4 is 34.6 Å². The second kappa shape index (κ2) is 11.7. The van der Waals surface area contributed by atoms with E-state index < -0.39 is 5.60 Å². The van der Waals surface area contributed by atoms with E-state index in [-0.39, 0.29) is 17.7 Å². The fourth-order valence-corrected chi connectivity index (χ4v) is 6.07. The maximum Gasteiger partial charge on any atom is 0.410 e. The first-order valence-corrected chi connectivity index (χ1v) is 15.1. The third-order valence-electron chi connectivity index (χ3n) is 8.25. The standard InChI is InChI=1S/C33H39N7O3/c1-22-26-21-35-31(37-29(26)40(24-12-8-9-13-24)30(41)28(22)23-10-6-5-7-11-23)36-27-15-14-25(20-34-27)38-16-18-39(19-17-38)32(42)43-33(2,3)4/h5-7,10-11,14-15,20-21,24H,8-9,12-13,16-19H2,1-4H3,(H,34,35,36,37). The summed E-state index contributed by atoms with van der Waals surface area (Å²) in [5.41, 5.74) is 3.65. The molecule has 43 heavy (non-hydrogen) atoms. The van der Waals surface area contributed by atoms with E-state index in [4.69, 9.17) is 9.72 Å². The van der Waals surface area contributed by atoms with E-state index in [0.717, 1.165) is 47.9 Å². The molecule has 2 aliphatic rings. The topological polar surface area (TPSA) is 105 Å². The minimum absolute atomic E-state index is 0.00185. The van der Waals surface area contributed by atoms with Gasteiger partial charge in [0.1, 0.15) is 17.1 Å². The lowest BCUT2D eigenvalue weighted by Crippen LogP contribution is -2.50. The van der Waals surface area contributed by atoms with Crippen LogP contribution >= 0.6 is 0 Å². The normalized spacial score (nSPS) is 16.1. The van der Waals surface area contributed by atoms with Gasteiger partial charge in [0.05, 0.1) is 17.4 Å². The number of aromatic nitrogens is 4. The van der Waals surface area contributed by atoms with Crippen LogP contribution in [0.1, 0.15) is 58.1 Å². The fraction of sp³-hybridized carbons (Fsp3) is 0.424. The largest absolute Gasteiger partial charge is 0.444 e. The molecule has 1 N–H and O–H groups in total. The molecule has 1 aromatic carbocycles. The number of fused-ring (bicyclic) bond motifs is 1. The van der Waals surface area contributed by atoms with Crippen LogP contribution in [0.25, 0.3) is 22.2 Å². The molecule has 4 heterocycles. The Bertz CT molecular complexity index is 1670. The highest BCUT2D eigenvalue weighted by atomic mass is 16.6. The van der Waals surface area contributed by atoms with Crippen molar-refractivity contribution in [2.75, 3.05) is 36.4 Å². The Morgan fingerprint density at radius 3 is 2.33 bits per heavy atom. The molecule has 1 aliphatic carbocycles. The van der Waals surface area contributed by atoms with Crippen LogP contribution in [-0.2, 0) is 4.74 Å². The lowest BCUT2D eigenvalue weighted by Gasteiger charge is -2.36. The number of benzene rings is 1. The van der Waals surface area contributed by atoms with Gasteiger partial charge >= 0.3 is 6.09 Å². The second-order valence-corrected chi connectivity index (χ2v) is 12.4. The predicted molar refractivity (Wildman–Crippen MR) is 169 cm³/mol. The zero-order chi connectivity index (χ0) is 30.1. The van der Waals surface area contributed by atoms with Crippen molar-refractivity contribution in [3.05, 3.63) is 70.8 Å². The molecule has 1 saturated carbocycles. The molecule has 10 nitrogen and oxygen atoms in total. The van der Waals surface area contributed by atoms with Crippen LogP contribution in [0.4, 0.5) is 22.2 Å². The van der Waals surface area contributed by atoms with Gasteiger partial charge < -0.3 is 19.9 Å². The summed E-state index contributed by atoms with van der Waals surface area (Å²) in [5, 5.41) is 4.12. The summed E-state index contributed by atoms with van der Waals surface area (Å²) in [7, 11) is 0. The van der Waals surface area contributed by atoms with E-state index >= 15 is 0 Å². The number of piperazine rings is 1. The molecule has 2 fully saturated rings. The molecule has 1 amide bonds. The number of hydrogen-bond donors (Lipinski definition) is 1. The fourth-order valence-electron chi connectivity index (χ4n) is 6.07. The van der Waals surface area contributed by atoms with Gasteiger partial charge in [-0.25, -0.2) is 14.8 Å². The van der Waals surface area contributed by atoms with Crippen molar-refractivity contribution in [1.29, 1.82) is 0 Å². The van der Waals surface area contributed by atoms with Crippen LogP contribution < -0.4 is 15.8 Å². The number of carbonyl (C=O) groups is 1. The van der Waals surface area contributed by atoms with Crippen LogP contribution in [-0.4, -0.2) is 62.3 Å². The molecule has 0 bridgehead atoms. The average Bonchev–Trinajstić information content (AvgIpc) is 3.52. The molecular formula is C33H39N7O3. The summed E-state index contributed by atoms with van der Waals surface area (Å²) in [6, 6.07) is 13.9.